The van der Waals surface area contributed by atoms with Crippen molar-refractivity contribution in [3.05, 3.63) is 57.8 Å². The molecular weight excluding hydrogens is 373 g/mol. The lowest BCUT2D eigenvalue weighted by atomic mass is 10.2. The molecule has 0 radical (unpaired) electrons. The Morgan fingerprint density at radius 1 is 1.17 bits per heavy atom. The van der Waals surface area contributed by atoms with Gasteiger partial charge in [0.1, 0.15) is 12.4 Å². The van der Waals surface area contributed by atoms with Gasteiger partial charge in [0.15, 0.2) is 11.5 Å². The molecule has 0 fully saturated rings. The highest BCUT2D eigenvalue weighted by Gasteiger charge is 2.13. The third-order valence-corrected chi connectivity index (χ3v) is 4.00. The Kier molecular flexibility index (Phi) is 7.06. The molecule has 130 valence electrons. The molecule has 0 amide bonds. The molecule has 0 bridgehead atoms. The normalized spacial score (nSPS) is 10.9. The van der Waals surface area contributed by atoms with Crippen LogP contribution in [0.2, 0.25) is 0 Å². The van der Waals surface area contributed by atoms with Gasteiger partial charge in [-0.3, -0.25) is 0 Å². The van der Waals surface area contributed by atoms with Gasteiger partial charge in [0.25, 0.3) is 0 Å². The lowest BCUT2D eigenvalue weighted by Gasteiger charge is -2.16. The Morgan fingerprint density at radius 3 is 2.58 bits per heavy atom. The molecule has 0 atom stereocenters. The Morgan fingerprint density at radius 2 is 1.92 bits per heavy atom. The maximum Gasteiger partial charge on any atom is 0.175 e. The van der Waals surface area contributed by atoms with E-state index in [2.05, 4.69) is 35.1 Å². The van der Waals surface area contributed by atoms with Gasteiger partial charge in [0, 0.05) is 18.2 Å². The minimum atomic E-state index is -0.274. The largest absolute Gasteiger partial charge is 0.490 e. The van der Waals surface area contributed by atoms with Crippen molar-refractivity contribution in [2.75, 3.05) is 6.61 Å². The summed E-state index contributed by atoms with van der Waals surface area (Å²) < 4.78 is 26.1. The van der Waals surface area contributed by atoms with E-state index < -0.39 is 0 Å². The second-order valence-electron chi connectivity index (χ2n) is 5.75. The van der Waals surface area contributed by atoms with Gasteiger partial charge in [0.2, 0.25) is 0 Å². The third kappa shape index (κ3) is 5.21. The highest BCUT2D eigenvalue weighted by molar-refractivity contribution is 9.10. The molecule has 3 nitrogen and oxygen atoms in total. The predicted molar refractivity (Wildman–Crippen MR) is 98.0 cm³/mol. The van der Waals surface area contributed by atoms with E-state index in [1.165, 1.54) is 6.07 Å². The van der Waals surface area contributed by atoms with Crippen molar-refractivity contribution in [3.8, 4) is 11.5 Å². The average molecular weight is 396 g/mol. The number of halogens is 2. The maximum absolute atomic E-state index is 13.8. The third-order valence-electron chi connectivity index (χ3n) is 3.41. The maximum atomic E-state index is 13.8. The van der Waals surface area contributed by atoms with Crippen LogP contribution in [0.4, 0.5) is 4.39 Å². The molecule has 0 aliphatic rings. The average Bonchev–Trinajstić information content (AvgIpc) is 2.54. The van der Waals surface area contributed by atoms with Gasteiger partial charge in [-0.15, -0.1) is 0 Å². The molecule has 0 aliphatic heterocycles. The Balaban J connectivity index is 2.19. The van der Waals surface area contributed by atoms with E-state index >= 15 is 0 Å². The number of rotatable bonds is 8. The van der Waals surface area contributed by atoms with Crippen LogP contribution in [0, 0.1) is 5.82 Å². The summed E-state index contributed by atoms with van der Waals surface area (Å²) in [6.07, 6.45) is 0. The van der Waals surface area contributed by atoms with Crippen LogP contribution in [0.5, 0.6) is 11.5 Å². The topological polar surface area (TPSA) is 30.5 Å². The quantitative estimate of drug-likeness (QED) is 0.676. The number of hydrogen-bond acceptors (Lipinski definition) is 3. The summed E-state index contributed by atoms with van der Waals surface area (Å²) in [7, 11) is 0. The molecule has 5 heteroatoms. The molecule has 0 saturated heterocycles. The summed E-state index contributed by atoms with van der Waals surface area (Å²) in [5, 5.41) is 3.38. The van der Waals surface area contributed by atoms with Crippen LogP contribution in [0.25, 0.3) is 0 Å². The molecular formula is C19H23BrFNO2. The van der Waals surface area contributed by atoms with Crippen molar-refractivity contribution in [1.82, 2.24) is 5.32 Å². The van der Waals surface area contributed by atoms with Crippen molar-refractivity contribution in [1.29, 1.82) is 0 Å². The van der Waals surface area contributed by atoms with Gasteiger partial charge in [-0.05, 0) is 46.6 Å². The first kappa shape index (κ1) is 18.7. The molecule has 0 aliphatic carbocycles. The van der Waals surface area contributed by atoms with Crippen LogP contribution in [0.3, 0.4) is 0 Å². The van der Waals surface area contributed by atoms with Gasteiger partial charge in [0.05, 0.1) is 11.1 Å². The van der Waals surface area contributed by atoms with E-state index in [1.807, 2.05) is 19.1 Å². The van der Waals surface area contributed by atoms with E-state index in [0.29, 0.717) is 29.7 Å². The van der Waals surface area contributed by atoms with Crippen molar-refractivity contribution < 1.29 is 13.9 Å². The Labute approximate surface area is 151 Å². The summed E-state index contributed by atoms with van der Waals surface area (Å²) in [5.41, 5.74) is 1.61. The first-order valence-corrected chi connectivity index (χ1v) is 8.85. The molecule has 0 unspecified atom stereocenters. The second kappa shape index (κ2) is 9.04. The molecule has 1 N–H and O–H groups in total. The van der Waals surface area contributed by atoms with Gasteiger partial charge in [-0.1, -0.05) is 32.0 Å². The van der Waals surface area contributed by atoms with Crippen LogP contribution >= 0.6 is 15.9 Å². The van der Waals surface area contributed by atoms with E-state index in [4.69, 9.17) is 9.47 Å². The van der Waals surface area contributed by atoms with Crippen LogP contribution < -0.4 is 14.8 Å². The predicted octanol–water partition coefficient (Wildman–Crippen LogP) is 5.06. The highest BCUT2D eigenvalue weighted by atomic mass is 79.9. The lowest BCUT2D eigenvalue weighted by Crippen LogP contribution is -2.21. The second-order valence-corrected chi connectivity index (χ2v) is 6.61. The molecule has 2 aromatic carbocycles. The standard InChI is InChI=1S/C19H23BrFNO2/c1-4-23-18-10-14(11-22-13(2)3)9-16(20)19(18)24-12-15-7-5-6-8-17(15)21/h5-10,13,22H,4,11-12H2,1-3H3. The fourth-order valence-electron chi connectivity index (χ4n) is 2.21. The van der Waals surface area contributed by atoms with E-state index in [-0.39, 0.29) is 12.4 Å². The fraction of sp³-hybridized carbons (Fsp3) is 0.368. The SMILES string of the molecule is CCOc1cc(CNC(C)C)cc(Br)c1OCc1ccccc1F. The van der Waals surface area contributed by atoms with Crippen molar-refractivity contribution in [3.63, 3.8) is 0 Å². The monoisotopic (exact) mass is 395 g/mol. The fourth-order valence-corrected chi connectivity index (χ4v) is 2.82. The van der Waals surface area contributed by atoms with Gasteiger partial charge >= 0.3 is 0 Å². The Hall–Kier alpha value is -1.59. The van der Waals surface area contributed by atoms with Crippen LogP contribution in [0.15, 0.2) is 40.9 Å². The van der Waals surface area contributed by atoms with Crippen LogP contribution in [0.1, 0.15) is 31.9 Å². The van der Waals surface area contributed by atoms with E-state index in [0.717, 1.165) is 16.6 Å². The summed E-state index contributed by atoms with van der Waals surface area (Å²) in [4.78, 5) is 0. The lowest BCUT2D eigenvalue weighted by molar-refractivity contribution is 0.264. The zero-order chi connectivity index (χ0) is 17.5. The molecule has 0 spiro atoms. The molecule has 0 heterocycles. The molecule has 0 saturated carbocycles. The summed E-state index contributed by atoms with van der Waals surface area (Å²) in [6.45, 7) is 7.55. The number of hydrogen-bond donors (Lipinski definition) is 1. The summed E-state index contributed by atoms with van der Waals surface area (Å²) in [5.74, 6) is 0.974. The molecule has 2 aromatic rings. The molecule has 2 rings (SSSR count). The molecule has 0 aromatic heterocycles. The minimum absolute atomic E-state index is 0.148. The van der Waals surface area contributed by atoms with Crippen molar-refractivity contribution >= 4 is 15.9 Å². The van der Waals surface area contributed by atoms with Crippen molar-refractivity contribution in [2.24, 2.45) is 0 Å². The zero-order valence-corrected chi connectivity index (χ0v) is 15.8. The Bertz CT molecular complexity index is 676. The number of ether oxygens (including phenoxy) is 2. The number of nitrogens with one attached hydrogen (secondary N) is 1. The van der Waals surface area contributed by atoms with E-state index in [9.17, 15) is 4.39 Å². The summed E-state index contributed by atoms with van der Waals surface area (Å²) >= 11 is 3.54. The van der Waals surface area contributed by atoms with Crippen molar-refractivity contribution in [2.45, 2.75) is 40.0 Å². The first-order valence-electron chi connectivity index (χ1n) is 8.06. The highest BCUT2D eigenvalue weighted by Crippen LogP contribution is 2.37. The van der Waals surface area contributed by atoms with E-state index in [1.54, 1.807) is 18.2 Å². The first-order chi connectivity index (χ1) is 11.5. The van der Waals surface area contributed by atoms with Gasteiger partial charge < -0.3 is 14.8 Å². The molecule has 24 heavy (non-hydrogen) atoms. The summed E-state index contributed by atoms with van der Waals surface area (Å²) in [6, 6.07) is 11.0. The number of benzene rings is 2. The smallest absolute Gasteiger partial charge is 0.175 e. The van der Waals surface area contributed by atoms with Gasteiger partial charge in [-0.25, -0.2) is 4.39 Å². The minimum Gasteiger partial charge on any atom is -0.490 e. The zero-order valence-electron chi connectivity index (χ0n) is 14.2. The van der Waals surface area contributed by atoms with Gasteiger partial charge in [-0.2, -0.15) is 0 Å². The van der Waals surface area contributed by atoms with Crippen LogP contribution in [-0.2, 0) is 13.2 Å². The van der Waals surface area contributed by atoms with Crippen LogP contribution in [-0.4, -0.2) is 12.6 Å².